The molecule has 24 heavy (non-hydrogen) atoms. The summed E-state index contributed by atoms with van der Waals surface area (Å²) in [5.41, 5.74) is 9.76. The van der Waals surface area contributed by atoms with E-state index in [1.807, 2.05) is 0 Å². The van der Waals surface area contributed by atoms with Crippen molar-refractivity contribution in [2.45, 2.75) is 13.3 Å². The number of anilines is 4. The molecule has 0 atom stereocenters. The summed E-state index contributed by atoms with van der Waals surface area (Å²) < 4.78 is 0. The van der Waals surface area contributed by atoms with Gasteiger partial charge >= 0.3 is 0 Å². The Kier molecular flexibility index (Phi) is 3.98. The minimum Gasteiger partial charge on any atom is -0.393 e. The molecule has 0 amide bonds. The fraction of sp³-hybridized carbons (Fsp3) is 0.444. The molecule has 1 fully saturated rings. The van der Waals surface area contributed by atoms with Crippen LogP contribution in [0.2, 0.25) is 0 Å². The smallest absolute Gasteiger partial charge is 0.161 e. The highest BCUT2D eigenvalue weighted by Gasteiger charge is 2.26. The lowest BCUT2D eigenvalue weighted by molar-refractivity contribution is 0.270. The van der Waals surface area contributed by atoms with E-state index in [1.54, 1.807) is 6.33 Å². The van der Waals surface area contributed by atoms with Gasteiger partial charge in [-0.05, 0) is 24.6 Å². The fourth-order valence-corrected chi connectivity index (χ4v) is 3.68. The minimum absolute atomic E-state index is 0.694. The van der Waals surface area contributed by atoms with Crippen molar-refractivity contribution in [3.8, 4) is 0 Å². The Morgan fingerprint density at radius 3 is 2.54 bits per heavy atom. The van der Waals surface area contributed by atoms with Crippen LogP contribution in [0.3, 0.4) is 0 Å². The number of hydrogen-bond donors (Lipinski definition) is 1. The van der Waals surface area contributed by atoms with E-state index in [0.29, 0.717) is 5.69 Å². The third kappa shape index (κ3) is 2.57. The van der Waals surface area contributed by atoms with E-state index in [4.69, 9.17) is 5.73 Å². The van der Waals surface area contributed by atoms with Gasteiger partial charge < -0.3 is 20.4 Å². The average molecular weight is 324 g/mol. The number of rotatable bonds is 3. The Labute approximate surface area is 142 Å². The van der Waals surface area contributed by atoms with Crippen molar-refractivity contribution in [3.05, 3.63) is 36.2 Å². The Hall–Kier alpha value is -2.34. The van der Waals surface area contributed by atoms with Gasteiger partial charge in [0.25, 0.3) is 0 Å². The molecule has 2 aliphatic rings. The number of fused-ring (bicyclic) bond motifs is 1. The summed E-state index contributed by atoms with van der Waals surface area (Å²) in [5, 5.41) is 0. The standard InChI is InChI=1S/C18H24N6/c1-2-22-9-11-23(12-10-22)17-16(19)18(21-13-20-17)24-8-7-14-5-3-4-6-15(14)24/h3-6,13H,2,7-12,19H2,1H3. The molecule has 1 saturated heterocycles. The Morgan fingerprint density at radius 2 is 1.75 bits per heavy atom. The molecule has 0 spiro atoms. The van der Waals surface area contributed by atoms with Crippen LogP contribution < -0.4 is 15.5 Å². The zero-order valence-electron chi connectivity index (χ0n) is 14.1. The van der Waals surface area contributed by atoms with Crippen molar-refractivity contribution in [2.75, 3.05) is 54.8 Å². The topological polar surface area (TPSA) is 61.5 Å². The van der Waals surface area contributed by atoms with Gasteiger partial charge in [0.2, 0.25) is 0 Å². The first kappa shape index (κ1) is 15.2. The second-order valence-electron chi connectivity index (χ2n) is 6.39. The van der Waals surface area contributed by atoms with E-state index in [2.05, 4.69) is 55.9 Å². The van der Waals surface area contributed by atoms with Crippen molar-refractivity contribution in [1.29, 1.82) is 0 Å². The number of para-hydroxylation sites is 1. The Balaban J connectivity index is 1.63. The zero-order chi connectivity index (χ0) is 16.5. The maximum absolute atomic E-state index is 6.50. The number of likely N-dealkylation sites (N-methyl/N-ethyl adjacent to an activating group) is 1. The van der Waals surface area contributed by atoms with E-state index in [0.717, 1.165) is 57.3 Å². The molecule has 0 radical (unpaired) electrons. The van der Waals surface area contributed by atoms with Gasteiger partial charge in [-0.15, -0.1) is 0 Å². The summed E-state index contributed by atoms with van der Waals surface area (Å²) in [6.07, 6.45) is 2.68. The summed E-state index contributed by atoms with van der Waals surface area (Å²) in [6, 6.07) is 8.48. The number of benzene rings is 1. The second-order valence-corrected chi connectivity index (χ2v) is 6.39. The van der Waals surface area contributed by atoms with Crippen LogP contribution in [-0.4, -0.2) is 54.1 Å². The van der Waals surface area contributed by atoms with Crippen LogP contribution in [0.5, 0.6) is 0 Å². The van der Waals surface area contributed by atoms with E-state index >= 15 is 0 Å². The molecule has 6 heteroatoms. The summed E-state index contributed by atoms with van der Waals surface area (Å²) in [5.74, 6) is 1.71. The lowest BCUT2D eigenvalue weighted by atomic mass is 10.2. The molecule has 6 nitrogen and oxygen atoms in total. The van der Waals surface area contributed by atoms with Gasteiger partial charge in [0, 0.05) is 38.4 Å². The van der Waals surface area contributed by atoms with Gasteiger partial charge in [0.05, 0.1) is 0 Å². The van der Waals surface area contributed by atoms with E-state index < -0.39 is 0 Å². The van der Waals surface area contributed by atoms with Crippen LogP contribution in [0.1, 0.15) is 12.5 Å². The van der Waals surface area contributed by atoms with Crippen molar-refractivity contribution in [2.24, 2.45) is 0 Å². The number of aromatic nitrogens is 2. The molecule has 3 heterocycles. The van der Waals surface area contributed by atoms with Crippen molar-refractivity contribution in [3.63, 3.8) is 0 Å². The molecular weight excluding hydrogens is 300 g/mol. The quantitative estimate of drug-likeness (QED) is 0.930. The highest BCUT2D eigenvalue weighted by Crippen LogP contribution is 2.38. The normalized spacial score (nSPS) is 18.0. The number of piperazine rings is 1. The third-order valence-electron chi connectivity index (χ3n) is 5.10. The molecule has 0 aliphatic carbocycles. The molecule has 2 aliphatic heterocycles. The largest absolute Gasteiger partial charge is 0.393 e. The average Bonchev–Trinajstić information content (AvgIpc) is 3.06. The molecule has 126 valence electrons. The maximum Gasteiger partial charge on any atom is 0.161 e. The highest BCUT2D eigenvalue weighted by atomic mass is 15.3. The van der Waals surface area contributed by atoms with Crippen LogP contribution in [-0.2, 0) is 6.42 Å². The highest BCUT2D eigenvalue weighted by molar-refractivity contribution is 5.81. The fourth-order valence-electron chi connectivity index (χ4n) is 3.68. The van der Waals surface area contributed by atoms with Crippen LogP contribution in [0.15, 0.2) is 30.6 Å². The first-order valence-electron chi connectivity index (χ1n) is 8.71. The number of nitrogens with zero attached hydrogens (tertiary/aromatic N) is 5. The van der Waals surface area contributed by atoms with Crippen LogP contribution in [0.4, 0.5) is 23.0 Å². The second kappa shape index (κ2) is 6.28. The van der Waals surface area contributed by atoms with Gasteiger partial charge in [0.1, 0.15) is 12.0 Å². The molecule has 0 unspecified atom stereocenters. The van der Waals surface area contributed by atoms with Crippen LogP contribution in [0.25, 0.3) is 0 Å². The van der Waals surface area contributed by atoms with Gasteiger partial charge in [-0.25, -0.2) is 9.97 Å². The molecule has 2 N–H and O–H groups in total. The Bertz CT molecular complexity index is 723. The van der Waals surface area contributed by atoms with Gasteiger partial charge in [-0.1, -0.05) is 25.1 Å². The lowest BCUT2D eigenvalue weighted by Gasteiger charge is -2.35. The first-order valence-corrected chi connectivity index (χ1v) is 8.71. The summed E-state index contributed by atoms with van der Waals surface area (Å²) in [4.78, 5) is 15.9. The molecule has 4 rings (SSSR count). The van der Waals surface area contributed by atoms with Gasteiger partial charge in [-0.3, -0.25) is 0 Å². The zero-order valence-corrected chi connectivity index (χ0v) is 14.1. The number of nitrogens with two attached hydrogens (primary N) is 1. The predicted molar refractivity (Wildman–Crippen MR) is 97.9 cm³/mol. The van der Waals surface area contributed by atoms with Gasteiger partial charge in [-0.2, -0.15) is 0 Å². The summed E-state index contributed by atoms with van der Waals surface area (Å²) in [6.45, 7) is 8.27. The van der Waals surface area contributed by atoms with Crippen molar-refractivity contribution in [1.82, 2.24) is 14.9 Å². The molecule has 0 bridgehead atoms. The summed E-state index contributed by atoms with van der Waals surface area (Å²) >= 11 is 0. The van der Waals surface area contributed by atoms with Crippen molar-refractivity contribution < 1.29 is 0 Å². The maximum atomic E-state index is 6.50. The van der Waals surface area contributed by atoms with Crippen LogP contribution >= 0.6 is 0 Å². The minimum atomic E-state index is 0.694. The van der Waals surface area contributed by atoms with E-state index in [9.17, 15) is 0 Å². The summed E-state index contributed by atoms with van der Waals surface area (Å²) in [7, 11) is 0. The molecule has 1 aromatic carbocycles. The molecule has 0 saturated carbocycles. The van der Waals surface area contributed by atoms with Gasteiger partial charge in [0.15, 0.2) is 11.6 Å². The van der Waals surface area contributed by atoms with E-state index in [-0.39, 0.29) is 0 Å². The van der Waals surface area contributed by atoms with Crippen LogP contribution in [0, 0.1) is 0 Å². The Morgan fingerprint density at radius 1 is 1.00 bits per heavy atom. The van der Waals surface area contributed by atoms with Crippen molar-refractivity contribution >= 4 is 23.0 Å². The number of hydrogen-bond acceptors (Lipinski definition) is 6. The third-order valence-corrected chi connectivity index (χ3v) is 5.10. The number of nitrogen functional groups attached to an aromatic ring is 1. The molecular formula is C18H24N6. The molecule has 1 aromatic heterocycles. The monoisotopic (exact) mass is 324 g/mol. The predicted octanol–water partition coefficient (Wildman–Crippen LogP) is 1.89. The lowest BCUT2D eigenvalue weighted by Crippen LogP contribution is -2.46. The van der Waals surface area contributed by atoms with E-state index in [1.165, 1.54) is 11.3 Å². The SMILES string of the molecule is CCN1CCN(c2ncnc(N3CCc4ccccc43)c2N)CC1. The molecule has 2 aromatic rings. The first-order chi connectivity index (χ1) is 11.8.